The summed E-state index contributed by atoms with van der Waals surface area (Å²) in [5.74, 6) is -0.933. The second kappa shape index (κ2) is 9.94. The molecular weight excluding hydrogens is 296 g/mol. The summed E-state index contributed by atoms with van der Waals surface area (Å²) in [5, 5.41) is 8.81. The summed E-state index contributed by atoms with van der Waals surface area (Å²) in [6, 6.07) is 6.41. The number of aromatic carboxylic acids is 1. The normalized spacial score (nSPS) is 15.8. The number of carboxylic acid groups (broad SMARTS) is 1. The number of unbranched alkanes of at least 4 members (excludes halogenated alkanes) is 1. The highest BCUT2D eigenvalue weighted by Gasteiger charge is 2.08. The minimum Gasteiger partial charge on any atom is -0.478 e. The van der Waals surface area contributed by atoms with E-state index in [1.165, 1.54) is 12.1 Å². The van der Waals surface area contributed by atoms with E-state index in [-0.39, 0.29) is 5.56 Å². The van der Waals surface area contributed by atoms with E-state index < -0.39 is 5.97 Å². The number of hydrazine groups is 1. The van der Waals surface area contributed by atoms with Crippen molar-refractivity contribution in [2.75, 3.05) is 39.4 Å². The van der Waals surface area contributed by atoms with Crippen molar-refractivity contribution >= 4 is 18.0 Å². The van der Waals surface area contributed by atoms with Crippen molar-refractivity contribution in [1.29, 1.82) is 0 Å². The van der Waals surface area contributed by atoms with Crippen LogP contribution >= 0.6 is 0 Å². The van der Waals surface area contributed by atoms with E-state index in [2.05, 4.69) is 20.7 Å². The van der Waals surface area contributed by atoms with Crippen LogP contribution in [-0.2, 0) is 4.74 Å². The number of morpholine rings is 1. The lowest BCUT2D eigenvalue weighted by atomic mass is 10.2. The minimum atomic E-state index is -0.933. The predicted octanol–water partition coefficient (Wildman–Crippen LogP) is 1.25. The largest absolute Gasteiger partial charge is 0.478 e. The first-order valence-electron chi connectivity index (χ1n) is 7.90. The Bertz CT molecular complexity index is 499. The summed E-state index contributed by atoms with van der Waals surface area (Å²) in [5.41, 5.74) is 6.97. The van der Waals surface area contributed by atoms with Crippen LogP contribution in [0.1, 0.15) is 23.2 Å². The zero-order chi connectivity index (χ0) is 16.3. The first-order chi connectivity index (χ1) is 11.3. The first kappa shape index (κ1) is 17.4. The van der Waals surface area contributed by atoms with Gasteiger partial charge in [0.2, 0.25) is 0 Å². The van der Waals surface area contributed by atoms with Crippen molar-refractivity contribution < 1.29 is 14.6 Å². The highest BCUT2D eigenvalue weighted by molar-refractivity contribution is 5.87. The molecule has 3 N–H and O–H groups in total. The van der Waals surface area contributed by atoms with Crippen LogP contribution < -0.4 is 10.9 Å². The van der Waals surface area contributed by atoms with Gasteiger partial charge in [-0.1, -0.05) is 0 Å². The number of hydrogen-bond donors (Lipinski definition) is 3. The Labute approximate surface area is 136 Å². The molecule has 1 aromatic rings. The Kier molecular flexibility index (Phi) is 7.51. The van der Waals surface area contributed by atoms with E-state index in [0.29, 0.717) is 5.69 Å². The monoisotopic (exact) mass is 320 g/mol. The van der Waals surface area contributed by atoms with Crippen molar-refractivity contribution in [3.8, 4) is 0 Å². The van der Waals surface area contributed by atoms with E-state index in [4.69, 9.17) is 9.84 Å². The Balaban J connectivity index is 1.52. The fourth-order valence-electron chi connectivity index (χ4n) is 2.29. The van der Waals surface area contributed by atoms with Crippen LogP contribution in [0.4, 0.5) is 5.69 Å². The van der Waals surface area contributed by atoms with Crippen molar-refractivity contribution in [3.63, 3.8) is 0 Å². The van der Waals surface area contributed by atoms with Gasteiger partial charge in [-0.2, -0.15) is 0 Å². The molecule has 0 amide bonds. The number of carbonyl (C=O) groups is 1. The Hall–Kier alpha value is -1.96. The maximum Gasteiger partial charge on any atom is 0.335 e. The summed E-state index contributed by atoms with van der Waals surface area (Å²) < 4.78 is 5.32. The number of ether oxygens (including phenoxy) is 1. The molecule has 0 saturated carbocycles. The van der Waals surface area contributed by atoms with Crippen LogP contribution in [-0.4, -0.2) is 61.7 Å². The maximum absolute atomic E-state index is 10.7. The minimum absolute atomic E-state index is 0.260. The molecule has 1 saturated heterocycles. The molecule has 1 aliphatic rings. The van der Waals surface area contributed by atoms with Gasteiger partial charge in [0, 0.05) is 19.6 Å². The van der Waals surface area contributed by atoms with Gasteiger partial charge < -0.3 is 15.3 Å². The highest BCUT2D eigenvalue weighted by atomic mass is 16.5. The lowest BCUT2D eigenvalue weighted by Crippen LogP contribution is -2.37. The number of carboxylic acids is 1. The summed E-state index contributed by atoms with van der Waals surface area (Å²) in [6.07, 6.45) is 3.81. The Morgan fingerprint density at radius 3 is 2.70 bits per heavy atom. The van der Waals surface area contributed by atoms with E-state index in [0.717, 1.165) is 52.2 Å². The lowest BCUT2D eigenvalue weighted by molar-refractivity contribution is 0.0372. The van der Waals surface area contributed by atoms with Crippen LogP contribution in [0.2, 0.25) is 0 Å². The number of rotatable bonds is 9. The van der Waals surface area contributed by atoms with Crippen LogP contribution in [0.15, 0.2) is 29.3 Å². The fraction of sp³-hybridized carbons (Fsp3) is 0.500. The molecule has 1 aromatic carbocycles. The molecule has 7 heteroatoms. The van der Waals surface area contributed by atoms with E-state index in [1.807, 2.05) is 0 Å². The number of nitrogens with zero attached hydrogens (tertiary/aromatic N) is 2. The van der Waals surface area contributed by atoms with Crippen molar-refractivity contribution in [3.05, 3.63) is 29.8 Å². The topological polar surface area (TPSA) is 86.2 Å². The number of benzene rings is 1. The molecule has 0 spiro atoms. The molecule has 0 aliphatic carbocycles. The molecule has 2 rings (SSSR count). The molecule has 1 heterocycles. The summed E-state index contributed by atoms with van der Waals surface area (Å²) in [6.45, 7) is 5.77. The first-order valence-corrected chi connectivity index (χ1v) is 7.90. The molecule has 0 atom stereocenters. The van der Waals surface area contributed by atoms with Crippen molar-refractivity contribution in [2.24, 2.45) is 4.99 Å². The van der Waals surface area contributed by atoms with Crippen molar-refractivity contribution in [2.45, 2.75) is 12.8 Å². The van der Waals surface area contributed by atoms with E-state index >= 15 is 0 Å². The van der Waals surface area contributed by atoms with Crippen molar-refractivity contribution in [1.82, 2.24) is 15.8 Å². The molecule has 23 heavy (non-hydrogen) atoms. The second-order valence-corrected chi connectivity index (χ2v) is 5.34. The predicted molar refractivity (Wildman–Crippen MR) is 89.2 cm³/mol. The van der Waals surface area contributed by atoms with Crippen LogP contribution in [0.3, 0.4) is 0 Å². The fourth-order valence-corrected chi connectivity index (χ4v) is 2.29. The van der Waals surface area contributed by atoms with Gasteiger partial charge in [-0.25, -0.2) is 15.2 Å². The van der Waals surface area contributed by atoms with Crippen LogP contribution in [0.25, 0.3) is 0 Å². The SMILES string of the molecule is O=C(O)c1ccc(N=CNNCCCCN2CCOCC2)cc1. The number of nitrogens with one attached hydrogen (secondary N) is 2. The van der Waals surface area contributed by atoms with Gasteiger partial charge in [-0.05, 0) is 43.7 Å². The van der Waals surface area contributed by atoms with Gasteiger partial charge in [0.1, 0.15) is 6.34 Å². The summed E-state index contributed by atoms with van der Waals surface area (Å²) in [7, 11) is 0. The van der Waals surface area contributed by atoms with Crippen LogP contribution in [0.5, 0.6) is 0 Å². The third-order valence-electron chi connectivity index (χ3n) is 3.62. The Morgan fingerprint density at radius 1 is 1.26 bits per heavy atom. The highest BCUT2D eigenvalue weighted by Crippen LogP contribution is 2.11. The third-order valence-corrected chi connectivity index (χ3v) is 3.62. The number of hydrogen-bond acceptors (Lipinski definition) is 5. The average Bonchev–Trinajstić information content (AvgIpc) is 2.58. The quantitative estimate of drug-likeness (QED) is 0.275. The van der Waals surface area contributed by atoms with Gasteiger partial charge in [0.25, 0.3) is 0 Å². The van der Waals surface area contributed by atoms with E-state index in [1.54, 1.807) is 18.5 Å². The van der Waals surface area contributed by atoms with Gasteiger partial charge >= 0.3 is 5.97 Å². The maximum atomic E-state index is 10.7. The third kappa shape index (κ3) is 6.77. The molecule has 126 valence electrons. The molecule has 0 radical (unpaired) electrons. The molecule has 0 bridgehead atoms. The van der Waals surface area contributed by atoms with Gasteiger partial charge in [0.05, 0.1) is 24.5 Å². The Morgan fingerprint density at radius 2 is 2.00 bits per heavy atom. The van der Waals surface area contributed by atoms with Gasteiger partial charge in [-0.15, -0.1) is 0 Å². The molecule has 1 fully saturated rings. The van der Waals surface area contributed by atoms with E-state index in [9.17, 15) is 4.79 Å². The standard InChI is InChI=1S/C16H24N4O3/c21-16(22)14-3-5-15(6-4-14)17-13-19-18-7-1-2-8-20-9-11-23-12-10-20/h3-6,13,18H,1-2,7-12H2,(H,17,19)(H,21,22). The zero-order valence-corrected chi connectivity index (χ0v) is 13.2. The summed E-state index contributed by atoms with van der Waals surface area (Å²) in [4.78, 5) is 17.3. The zero-order valence-electron chi connectivity index (χ0n) is 13.2. The molecule has 0 unspecified atom stereocenters. The number of aliphatic imine (C=N–C) groups is 1. The molecule has 1 aliphatic heterocycles. The second-order valence-electron chi connectivity index (χ2n) is 5.34. The molecule has 7 nitrogen and oxygen atoms in total. The average molecular weight is 320 g/mol. The molecule has 0 aromatic heterocycles. The van der Waals surface area contributed by atoms with Gasteiger partial charge in [0.15, 0.2) is 0 Å². The van der Waals surface area contributed by atoms with Crippen LogP contribution in [0, 0.1) is 0 Å². The van der Waals surface area contributed by atoms with Gasteiger partial charge in [-0.3, -0.25) is 4.90 Å². The molecular formula is C16H24N4O3. The lowest BCUT2D eigenvalue weighted by Gasteiger charge is -2.26. The summed E-state index contributed by atoms with van der Waals surface area (Å²) >= 11 is 0. The smallest absolute Gasteiger partial charge is 0.335 e.